The number of rotatable bonds is 3. The highest BCUT2D eigenvalue weighted by Crippen LogP contribution is 2.26. The summed E-state index contributed by atoms with van der Waals surface area (Å²) < 4.78 is 0. The van der Waals surface area contributed by atoms with Gasteiger partial charge < -0.3 is 10.6 Å². The van der Waals surface area contributed by atoms with Gasteiger partial charge in [0.2, 0.25) is 5.91 Å². The average Bonchev–Trinajstić information content (AvgIpc) is 2.27. The summed E-state index contributed by atoms with van der Waals surface area (Å²) in [6, 6.07) is 0.0675. The molecule has 0 radical (unpaired) electrons. The van der Waals surface area contributed by atoms with Crippen molar-refractivity contribution in [1.82, 2.24) is 4.90 Å². The van der Waals surface area contributed by atoms with Crippen LogP contribution in [-0.4, -0.2) is 29.9 Å². The van der Waals surface area contributed by atoms with Gasteiger partial charge in [-0.25, -0.2) is 0 Å². The Bertz CT molecular complexity index is 232. The van der Waals surface area contributed by atoms with E-state index in [0.717, 1.165) is 18.8 Å². The molecule has 1 rings (SSSR count). The number of amides is 1. The van der Waals surface area contributed by atoms with E-state index in [9.17, 15) is 4.79 Å². The third-order valence-electron chi connectivity index (χ3n) is 3.88. The van der Waals surface area contributed by atoms with Crippen LogP contribution in [0.2, 0.25) is 0 Å². The number of nitrogens with zero attached hydrogens (tertiary/aromatic N) is 1. The molecule has 0 aromatic carbocycles. The summed E-state index contributed by atoms with van der Waals surface area (Å²) in [5, 5.41) is 0. The van der Waals surface area contributed by atoms with E-state index < -0.39 is 0 Å². The molecule has 0 aromatic heterocycles. The maximum absolute atomic E-state index is 12.1. The first-order valence-electron chi connectivity index (χ1n) is 6.45. The van der Waals surface area contributed by atoms with Crippen LogP contribution in [0.3, 0.4) is 0 Å². The van der Waals surface area contributed by atoms with Crippen LogP contribution in [0.5, 0.6) is 0 Å². The molecule has 3 heteroatoms. The smallest absolute Gasteiger partial charge is 0.239 e. The summed E-state index contributed by atoms with van der Waals surface area (Å²) in [7, 11) is 1.91. The van der Waals surface area contributed by atoms with Gasteiger partial charge in [-0.3, -0.25) is 4.79 Å². The normalized spacial score (nSPS) is 27.9. The van der Waals surface area contributed by atoms with Gasteiger partial charge in [0, 0.05) is 13.1 Å². The molecule has 0 spiro atoms. The molecule has 1 unspecified atom stereocenters. The molecular weight excluding hydrogens is 200 g/mol. The van der Waals surface area contributed by atoms with Crippen molar-refractivity contribution < 1.29 is 4.79 Å². The SMILES string of the molecule is CC1CCC(N(C)C(=O)C(N)C(C)C)CC1. The standard InChI is InChI=1S/C13H26N2O/c1-9(2)12(14)13(16)15(4)11-7-5-10(3)6-8-11/h9-12H,5-8,14H2,1-4H3. The van der Waals surface area contributed by atoms with E-state index in [-0.39, 0.29) is 17.9 Å². The van der Waals surface area contributed by atoms with E-state index >= 15 is 0 Å². The van der Waals surface area contributed by atoms with Gasteiger partial charge in [-0.1, -0.05) is 20.8 Å². The minimum Gasteiger partial charge on any atom is -0.341 e. The minimum atomic E-state index is -0.343. The second kappa shape index (κ2) is 5.67. The number of hydrogen-bond donors (Lipinski definition) is 1. The second-order valence-corrected chi connectivity index (χ2v) is 5.63. The van der Waals surface area contributed by atoms with Crippen LogP contribution < -0.4 is 5.73 Å². The Morgan fingerprint density at radius 3 is 2.19 bits per heavy atom. The highest BCUT2D eigenvalue weighted by Gasteiger charge is 2.28. The summed E-state index contributed by atoms with van der Waals surface area (Å²) >= 11 is 0. The van der Waals surface area contributed by atoms with Crippen LogP contribution in [-0.2, 0) is 4.79 Å². The Morgan fingerprint density at radius 2 is 1.75 bits per heavy atom. The molecule has 2 N–H and O–H groups in total. The van der Waals surface area contributed by atoms with Gasteiger partial charge in [-0.05, 0) is 37.5 Å². The molecule has 3 nitrogen and oxygen atoms in total. The molecule has 0 saturated heterocycles. The summed E-state index contributed by atoms with van der Waals surface area (Å²) in [6.07, 6.45) is 4.74. The fourth-order valence-electron chi connectivity index (χ4n) is 2.33. The van der Waals surface area contributed by atoms with Crippen LogP contribution in [0.25, 0.3) is 0 Å². The third-order valence-corrected chi connectivity index (χ3v) is 3.88. The van der Waals surface area contributed by atoms with Crippen LogP contribution >= 0.6 is 0 Å². The van der Waals surface area contributed by atoms with Gasteiger partial charge >= 0.3 is 0 Å². The highest BCUT2D eigenvalue weighted by molar-refractivity contribution is 5.81. The lowest BCUT2D eigenvalue weighted by molar-refractivity contribution is -0.135. The first-order chi connectivity index (χ1) is 7.43. The Labute approximate surface area is 99.4 Å². The van der Waals surface area contributed by atoms with Crippen LogP contribution in [0.1, 0.15) is 46.5 Å². The van der Waals surface area contributed by atoms with Crippen molar-refractivity contribution in [3.05, 3.63) is 0 Å². The van der Waals surface area contributed by atoms with E-state index in [4.69, 9.17) is 5.73 Å². The van der Waals surface area contributed by atoms with Crippen molar-refractivity contribution in [1.29, 1.82) is 0 Å². The van der Waals surface area contributed by atoms with Gasteiger partial charge in [0.1, 0.15) is 0 Å². The van der Waals surface area contributed by atoms with Gasteiger partial charge in [0.05, 0.1) is 6.04 Å². The topological polar surface area (TPSA) is 46.3 Å². The van der Waals surface area contributed by atoms with Gasteiger partial charge in [-0.15, -0.1) is 0 Å². The molecular formula is C13H26N2O. The van der Waals surface area contributed by atoms with Crippen molar-refractivity contribution in [3.63, 3.8) is 0 Å². The fourth-order valence-corrected chi connectivity index (χ4v) is 2.33. The van der Waals surface area contributed by atoms with Gasteiger partial charge in [0.25, 0.3) is 0 Å². The molecule has 1 amide bonds. The largest absolute Gasteiger partial charge is 0.341 e. The number of nitrogens with two attached hydrogens (primary N) is 1. The molecule has 0 bridgehead atoms. The molecule has 0 heterocycles. The number of carbonyl (C=O) groups is 1. The molecule has 1 atom stereocenters. The minimum absolute atomic E-state index is 0.106. The lowest BCUT2D eigenvalue weighted by Crippen LogP contribution is -2.49. The zero-order chi connectivity index (χ0) is 12.3. The van der Waals surface area contributed by atoms with Crippen molar-refractivity contribution in [2.75, 3.05) is 7.05 Å². The van der Waals surface area contributed by atoms with Crippen molar-refractivity contribution in [2.45, 2.75) is 58.5 Å². The first kappa shape index (κ1) is 13.5. The maximum Gasteiger partial charge on any atom is 0.239 e. The zero-order valence-electron chi connectivity index (χ0n) is 11.1. The number of hydrogen-bond acceptors (Lipinski definition) is 2. The molecule has 1 aliphatic rings. The lowest BCUT2D eigenvalue weighted by atomic mass is 9.86. The Balaban J connectivity index is 2.50. The third kappa shape index (κ3) is 3.21. The molecule has 1 saturated carbocycles. The molecule has 1 fully saturated rings. The van der Waals surface area contributed by atoms with Crippen molar-refractivity contribution >= 4 is 5.91 Å². The predicted molar refractivity (Wildman–Crippen MR) is 67.0 cm³/mol. The van der Waals surface area contributed by atoms with E-state index in [0.29, 0.717) is 6.04 Å². The fraction of sp³-hybridized carbons (Fsp3) is 0.923. The van der Waals surface area contributed by atoms with Gasteiger partial charge in [0.15, 0.2) is 0 Å². The summed E-state index contributed by atoms with van der Waals surface area (Å²) in [4.78, 5) is 14.0. The average molecular weight is 226 g/mol. The lowest BCUT2D eigenvalue weighted by Gasteiger charge is -2.35. The van der Waals surface area contributed by atoms with Crippen molar-refractivity contribution in [2.24, 2.45) is 17.6 Å². The first-order valence-corrected chi connectivity index (χ1v) is 6.45. The molecule has 16 heavy (non-hydrogen) atoms. The van der Waals surface area contributed by atoms with E-state index in [1.165, 1.54) is 12.8 Å². The second-order valence-electron chi connectivity index (χ2n) is 5.63. The Morgan fingerprint density at radius 1 is 1.25 bits per heavy atom. The number of carbonyl (C=O) groups excluding carboxylic acids is 1. The van der Waals surface area contributed by atoms with Crippen molar-refractivity contribution in [3.8, 4) is 0 Å². The predicted octanol–water partition coefficient (Wildman–Crippen LogP) is 2.01. The Hall–Kier alpha value is -0.570. The highest BCUT2D eigenvalue weighted by atomic mass is 16.2. The van der Waals surface area contributed by atoms with E-state index in [1.807, 2.05) is 25.8 Å². The molecule has 1 aliphatic carbocycles. The summed E-state index contributed by atoms with van der Waals surface area (Å²) in [5.41, 5.74) is 5.90. The summed E-state index contributed by atoms with van der Waals surface area (Å²) in [6.45, 7) is 6.29. The zero-order valence-corrected chi connectivity index (χ0v) is 11.1. The Kier molecular flexibility index (Phi) is 4.78. The van der Waals surface area contributed by atoms with Crippen LogP contribution in [0.4, 0.5) is 0 Å². The molecule has 0 aliphatic heterocycles. The van der Waals surface area contributed by atoms with Crippen LogP contribution in [0, 0.1) is 11.8 Å². The van der Waals surface area contributed by atoms with E-state index in [2.05, 4.69) is 6.92 Å². The van der Waals surface area contributed by atoms with E-state index in [1.54, 1.807) is 0 Å². The summed E-state index contributed by atoms with van der Waals surface area (Å²) in [5.74, 6) is 1.14. The molecule has 0 aromatic rings. The van der Waals surface area contributed by atoms with Gasteiger partial charge in [-0.2, -0.15) is 0 Å². The molecule has 94 valence electrons. The van der Waals surface area contributed by atoms with Crippen LogP contribution in [0.15, 0.2) is 0 Å². The monoisotopic (exact) mass is 226 g/mol. The number of likely N-dealkylation sites (N-methyl/N-ethyl adjacent to an activating group) is 1. The maximum atomic E-state index is 12.1. The quantitative estimate of drug-likeness (QED) is 0.800.